The van der Waals surface area contributed by atoms with Crippen LogP contribution in [0.5, 0.6) is 5.75 Å². The number of nitrogens with zero attached hydrogens (tertiary/aromatic N) is 6. The number of fused-ring (bicyclic) bond motifs is 1. The molecule has 0 bridgehead atoms. The van der Waals surface area contributed by atoms with Crippen LogP contribution in [-0.2, 0) is 10.0 Å². The minimum atomic E-state index is -3.63. The number of sulfonamides is 1. The highest BCUT2D eigenvalue weighted by Gasteiger charge is 2.27. The van der Waals surface area contributed by atoms with Crippen molar-refractivity contribution in [1.82, 2.24) is 24.8 Å². The standard InChI is InChI=1S/C30H36ClN9O3S/c1-19-16-24(26(43-2)17-25(19)40-14-8-20(9-15-40)39-12-4-5-13-39)36-30-34-18-21(31)29(37-30)35-23-7-6-22-27(33-11-10-32-22)28(23)38-44(3,41)42/h6-7,10-11,16-18,20,38H,4-5,8-9,12-15H2,1-3H3,(H2,34,35,36,37). The first-order valence-corrected chi connectivity index (χ1v) is 16.9. The molecule has 0 saturated carbocycles. The Hall–Kier alpha value is -3.94. The maximum absolute atomic E-state index is 12.2. The molecule has 0 aliphatic carbocycles. The molecule has 2 fully saturated rings. The van der Waals surface area contributed by atoms with E-state index in [1.54, 1.807) is 25.4 Å². The lowest BCUT2D eigenvalue weighted by atomic mass is 10.0. The van der Waals surface area contributed by atoms with Crippen molar-refractivity contribution < 1.29 is 13.2 Å². The molecule has 0 atom stereocenters. The SMILES string of the molecule is COc1cc(N2CCC(N3CCCC3)CC2)c(C)cc1Nc1ncc(Cl)c(Nc2ccc3nccnc3c2NS(C)(=O)=O)n1. The van der Waals surface area contributed by atoms with Gasteiger partial charge in [0, 0.05) is 43.3 Å². The van der Waals surface area contributed by atoms with Gasteiger partial charge in [0.2, 0.25) is 16.0 Å². The fraction of sp³-hybridized carbons (Fsp3) is 0.400. The van der Waals surface area contributed by atoms with E-state index in [4.69, 9.17) is 16.3 Å². The molecule has 14 heteroatoms. The Balaban J connectivity index is 1.23. The Kier molecular flexibility index (Phi) is 8.61. The summed E-state index contributed by atoms with van der Waals surface area (Å²) in [6.07, 6.45) is 10.6. The average Bonchev–Trinajstić information content (AvgIpc) is 3.55. The molecular weight excluding hydrogens is 602 g/mol. The first-order chi connectivity index (χ1) is 21.2. The van der Waals surface area contributed by atoms with Crippen LogP contribution in [0.4, 0.5) is 34.5 Å². The number of benzene rings is 2. The zero-order chi connectivity index (χ0) is 30.8. The summed E-state index contributed by atoms with van der Waals surface area (Å²) in [6, 6.07) is 8.22. The van der Waals surface area contributed by atoms with Crippen molar-refractivity contribution in [3.05, 3.63) is 53.4 Å². The van der Waals surface area contributed by atoms with Crippen LogP contribution in [-0.4, -0.2) is 78.8 Å². The van der Waals surface area contributed by atoms with E-state index in [0.717, 1.165) is 36.3 Å². The minimum absolute atomic E-state index is 0.236. The van der Waals surface area contributed by atoms with Gasteiger partial charge in [-0.25, -0.2) is 13.4 Å². The average molecular weight is 638 g/mol. The Bertz CT molecular complexity index is 1780. The molecule has 0 radical (unpaired) electrons. The molecule has 232 valence electrons. The molecule has 44 heavy (non-hydrogen) atoms. The van der Waals surface area contributed by atoms with Gasteiger partial charge in [0.25, 0.3) is 0 Å². The molecule has 4 heterocycles. The summed E-state index contributed by atoms with van der Waals surface area (Å²) in [5.74, 6) is 1.23. The highest BCUT2D eigenvalue weighted by atomic mass is 35.5. The largest absolute Gasteiger partial charge is 0.494 e. The number of anilines is 6. The maximum Gasteiger partial charge on any atom is 0.229 e. The lowest BCUT2D eigenvalue weighted by Gasteiger charge is -2.38. The van der Waals surface area contributed by atoms with Crippen molar-refractivity contribution in [3.63, 3.8) is 0 Å². The molecule has 3 N–H and O–H groups in total. The van der Waals surface area contributed by atoms with Gasteiger partial charge in [0.1, 0.15) is 16.3 Å². The van der Waals surface area contributed by atoms with Crippen molar-refractivity contribution >= 4 is 67.2 Å². The van der Waals surface area contributed by atoms with Crippen molar-refractivity contribution in [2.24, 2.45) is 0 Å². The molecule has 2 aliphatic heterocycles. The molecule has 0 amide bonds. The molecule has 2 aliphatic rings. The van der Waals surface area contributed by atoms with E-state index < -0.39 is 10.0 Å². The number of nitrogens with one attached hydrogen (secondary N) is 3. The van der Waals surface area contributed by atoms with E-state index >= 15 is 0 Å². The summed E-state index contributed by atoms with van der Waals surface area (Å²) in [4.78, 5) is 22.7. The Morgan fingerprint density at radius 2 is 1.73 bits per heavy atom. The minimum Gasteiger partial charge on any atom is -0.494 e. The summed E-state index contributed by atoms with van der Waals surface area (Å²) >= 11 is 6.48. The number of ether oxygens (including phenoxy) is 1. The summed E-state index contributed by atoms with van der Waals surface area (Å²) in [7, 11) is -1.98. The molecule has 4 aromatic rings. The number of rotatable bonds is 9. The quantitative estimate of drug-likeness (QED) is 0.220. The first-order valence-electron chi connectivity index (χ1n) is 14.6. The third kappa shape index (κ3) is 6.59. The predicted octanol–water partition coefficient (Wildman–Crippen LogP) is 5.31. The number of likely N-dealkylation sites (tertiary alicyclic amines) is 1. The molecule has 2 aromatic carbocycles. The number of hydrogen-bond acceptors (Lipinski definition) is 11. The molecule has 2 aromatic heterocycles. The lowest BCUT2D eigenvalue weighted by Crippen LogP contribution is -2.44. The Labute approximate surface area is 262 Å². The van der Waals surface area contributed by atoms with Crippen LogP contribution < -0.4 is 25.0 Å². The summed E-state index contributed by atoms with van der Waals surface area (Å²) < 4.78 is 32.7. The fourth-order valence-corrected chi connectivity index (χ4v) is 6.77. The number of halogens is 1. The Morgan fingerprint density at radius 1 is 0.977 bits per heavy atom. The second-order valence-electron chi connectivity index (χ2n) is 11.2. The molecule has 0 spiro atoms. The smallest absolute Gasteiger partial charge is 0.229 e. The number of hydrogen-bond donors (Lipinski definition) is 3. The van der Waals surface area contributed by atoms with Crippen LogP contribution >= 0.6 is 11.6 Å². The van der Waals surface area contributed by atoms with E-state index in [-0.39, 0.29) is 22.5 Å². The van der Waals surface area contributed by atoms with Gasteiger partial charge in [-0.1, -0.05) is 11.6 Å². The van der Waals surface area contributed by atoms with Crippen molar-refractivity contribution in [1.29, 1.82) is 0 Å². The van der Waals surface area contributed by atoms with E-state index in [2.05, 4.69) is 58.1 Å². The normalized spacial score (nSPS) is 16.3. The van der Waals surface area contributed by atoms with Crippen LogP contribution in [0.25, 0.3) is 11.0 Å². The highest BCUT2D eigenvalue weighted by molar-refractivity contribution is 7.92. The van der Waals surface area contributed by atoms with Gasteiger partial charge in [-0.3, -0.25) is 14.7 Å². The van der Waals surface area contributed by atoms with Crippen LogP contribution in [0, 0.1) is 6.92 Å². The topological polar surface area (TPSA) is 138 Å². The van der Waals surface area contributed by atoms with Crippen LogP contribution in [0.3, 0.4) is 0 Å². The van der Waals surface area contributed by atoms with E-state index in [1.165, 1.54) is 51.2 Å². The van der Waals surface area contributed by atoms with Crippen LogP contribution in [0.2, 0.25) is 5.02 Å². The predicted molar refractivity (Wildman–Crippen MR) is 175 cm³/mol. The van der Waals surface area contributed by atoms with Gasteiger partial charge >= 0.3 is 0 Å². The third-order valence-corrected chi connectivity index (χ3v) is 9.00. The van der Waals surface area contributed by atoms with Crippen molar-refractivity contribution in [2.45, 2.75) is 38.6 Å². The highest BCUT2D eigenvalue weighted by Crippen LogP contribution is 2.38. The molecule has 2 saturated heterocycles. The van der Waals surface area contributed by atoms with Gasteiger partial charge < -0.3 is 25.2 Å². The molecule has 6 rings (SSSR count). The number of methoxy groups -OCH3 is 1. The molecule has 0 unspecified atom stereocenters. The zero-order valence-electron chi connectivity index (χ0n) is 25.0. The summed E-state index contributed by atoms with van der Waals surface area (Å²) in [6.45, 7) is 6.60. The van der Waals surface area contributed by atoms with E-state index in [9.17, 15) is 8.42 Å². The molecular formula is C30H36ClN9O3S. The van der Waals surface area contributed by atoms with E-state index in [1.807, 2.05) is 6.07 Å². The van der Waals surface area contributed by atoms with Crippen molar-refractivity contribution in [2.75, 3.05) is 59.8 Å². The van der Waals surface area contributed by atoms with Crippen LogP contribution in [0.15, 0.2) is 42.9 Å². The maximum atomic E-state index is 12.2. The van der Waals surface area contributed by atoms with Gasteiger partial charge in [-0.05, 0) is 69.5 Å². The van der Waals surface area contributed by atoms with Gasteiger partial charge in [0.05, 0.1) is 42.1 Å². The fourth-order valence-electron chi connectivity index (χ4n) is 6.06. The first kappa shape index (κ1) is 30.1. The van der Waals surface area contributed by atoms with Gasteiger partial charge in [-0.15, -0.1) is 0 Å². The second kappa shape index (κ2) is 12.6. The monoisotopic (exact) mass is 637 g/mol. The van der Waals surface area contributed by atoms with Crippen molar-refractivity contribution in [3.8, 4) is 5.75 Å². The van der Waals surface area contributed by atoms with Gasteiger partial charge in [-0.2, -0.15) is 4.98 Å². The second-order valence-corrected chi connectivity index (χ2v) is 13.4. The van der Waals surface area contributed by atoms with Gasteiger partial charge in [0.15, 0.2) is 5.82 Å². The van der Waals surface area contributed by atoms with Crippen LogP contribution in [0.1, 0.15) is 31.2 Å². The molecule has 12 nitrogen and oxygen atoms in total. The number of aryl methyl sites for hydroxylation is 1. The summed E-state index contributed by atoms with van der Waals surface area (Å²) in [5.41, 5.74) is 4.55. The third-order valence-electron chi connectivity index (χ3n) is 8.15. The van der Waals surface area contributed by atoms with E-state index in [0.29, 0.717) is 28.5 Å². The number of piperidine rings is 1. The lowest BCUT2D eigenvalue weighted by molar-refractivity contribution is 0.208. The summed E-state index contributed by atoms with van der Waals surface area (Å²) in [5, 5.41) is 6.65. The Morgan fingerprint density at radius 3 is 2.45 bits per heavy atom. The number of aromatic nitrogens is 4. The zero-order valence-corrected chi connectivity index (χ0v) is 26.5.